The van der Waals surface area contributed by atoms with E-state index in [-0.39, 0.29) is 17.5 Å². The number of hydrogen-bond acceptors (Lipinski definition) is 7. The van der Waals surface area contributed by atoms with Crippen molar-refractivity contribution in [2.24, 2.45) is 0 Å². The number of nitrogens with zero attached hydrogens (tertiary/aromatic N) is 4. The van der Waals surface area contributed by atoms with Crippen LogP contribution < -0.4 is 15.2 Å². The number of anilines is 1. The molecule has 0 bridgehead atoms. The fourth-order valence-electron chi connectivity index (χ4n) is 3.43. The van der Waals surface area contributed by atoms with E-state index in [9.17, 15) is 10.1 Å². The largest absolute Gasteiger partial charge is 0.490 e. The summed E-state index contributed by atoms with van der Waals surface area (Å²) < 4.78 is 13.0. The first-order valence-electron chi connectivity index (χ1n) is 9.60. The lowest BCUT2D eigenvalue weighted by Crippen LogP contribution is -2.00. The van der Waals surface area contributed by atoms with Crippen LogP contribution in [0, 0.1) is 10.1 Å². The van der Waals surface area contributed by atoms with Gasteiger partial charge in [-0.15, -0.1) is 0 Å². The van der Waals surface area contributed by atoms with E-state index in [1.165, 1.54) is 31.6 Å². The quantitative estimate of drug-likeness (QED) is 0.346. The van der Waals surface area contributed by atoms with Crippen LogP contribution in [0.5, 0.6) is 17.2 Å². The molecule has 0 aliphatic rings. The van der Waals surface area contributed by atoms with Crippen molar-refractivity contribution >= 4 is 22.5 Å². The summed E-state index contributed by atoms with van der Waals surface area (Å²) in [6.07, 6.45) is 3.49. The van der Waals surface area contributed by atoms with Gasteiger partial charge in [0, 0.05) is 29.9 Å². The minimum atomic E-state index is -0.500. The molecule has 4 aromatic rings. The van der Waals surface area contributed by atoms with Gasteiger partial charge in [-0.1, -0.05) is 12.1 Å². The minimum Gasteiger partial charge on any atom is -0.490 e. The Hall–Kier alpha value is -4.14. The number of nitro benzene ring substituents is 1. The Kier molecular flexibility index (Phi) is 5.16. The molecule has 0 aliphatic heterocycles. The Morgan fingerprint density at radius 2 is 1.81 bits per heavy atom. The average Bonchev–Trinajstić information content (AvgIpc) is 3.15. The fraction of sp³-hybridized carbons (Fsp3) is 0.182. The van der Waals surface area contributed by atoms with Crippen LogP contribution in [0.4, 0.5) is 11.5 Å². The summed E-state index contributed by atoms with van der Waals surface area (Å²) in [5, 5.41) is 11.9. The molecule has 0 fully saturated rings. The van der Waals surface area contributed by atoms with Gasteiger partial charge in [0.2, 0.25) is 5.75 Å². The third-order valence-corrected chi connectivity index (χ3v) is 4.94. The zero-order valence-electron chi connectivity index (χ0n) is 17.3. The lowest BCUT2D eigenvalue weighted by Gasteiger charge is -2.09. The number of nitrogens with two attached hydrogens (primary N) is 1. The number of aromatic nitrogens is 3. The lowest BCUT2D eigenvalue weighted by molar-refractivity contribution is -0.385. The highest BCUT2D eigenvalue weighted by molar-refractivity contribution is 6.00. The van der Waals surface area contributed by atoms with Crippen molar-refractivity contribution in [3.05, 3.63) is 65.1 Å². The first-order valence-corrected chi connectivity index (χ1v) is 9.60. The Balaban J connectivity index is 1.66. The average molecular weight is 419 g/mol. The number of benzene rings is 2. The van der Waals surface area contributed by atoms with E-state index in [1.807, 2.05) is 30.5 Å². The lowest BCUT2D eigenvalue weighted by atomic mass is 10.1. The second kappa shape index (κ2) is 7.94. The Morgan fingerprint density at radius 3 is 2.45 bits per heavy atom. The molecule has 2 aromatic carbocycles. The van der Waals surface area contributed by atoms with Crippen LogP contribution in [-0.4, -0.2) is 26.6 Å². The number of hydrogen-bond donors (Lipinski definition) is 1. The van der Waals surface area contributed by atoms with E-state index in [2.05, 4.69) is 28.4 Å². The van der Waals surface area contributed by atoms with Gasteiger partial charge in [-0.3, -0.25) is 10.1 Å². The van der Waals surface area contributed by atoms with E-state index < -0.39 is 4.92 Å². The molecular weight excluding hydrogens is 398 g/mol. The summed E-state index contributed by atoms with van der Waals surface area (Å²) in [4.78, 5) is 19.1. The smallest absolute Gasteiger partial charge is 0.311 e. The van der Waals surface area contributed by atoms with Crippen LogP contribution in [0.2, 0.25) is 0 Å². The maximum atomic E-state index is 11.0. The first-order chi connectivity index (χ1) is 14.9. The molecule has 2 heterocycles. The highest BCUT2D eigenvalue weighted by Crippen LogP contribution is 2.36. The van der Waals surface area contributed by atoms with Gasteiger partial charge < -0.3 is 19.8 Å². The Labute approximate surface area is 178 Å². The Bertz CT molecular complexity index is 1270. The molecule has 0 amide bonds. The number of ether oxygens (including phenoxy) is 2. The van der Waals surface area contributed by atoms with Crippen molar-refractivity contribution in [3.8, 4) is 28.4 Å². The predicted octanol–water partition coefficient (Wildman–Crippen LogP) is 4.97. The first kappa shape index (κ1) is 20.1. The van der Waals surface area contributed by atoms with E-state index in [0.717, 1.165) is 22.2 Å². The summed E-state index contributed by atoms with van der Waals surface area (Å²) in [7, 11) is 1.38. The summed E-state index contributed by atoms with van der Waals surface area (Å²) >= 11 is 0. The second-order valence-corrected chi connectivity index (χ2v) is 7.22. The fourth-order valence-corrected chi connectivity index (χ4v) is 3.43. The highest BCUT2D eigenvalue weighted by atomic mass is 16.6. The molecule has 0 atom stereocenters. The van der Waals surface area contributed by atoms with E-state index >= 15 is 0 Å². The van der Waals surface area contributed by atoms with Gasteiger partial charge in [-0.05, 0) is 37.6 Å². The molecule has 2 N–H and O–H groups in total. The van der Waals surface area contributed by atoms with Crippen LogP contribution >= 0.6 is 0 Å². The zero-order valence-corrected chi connectivity index (χ0v) is 17.3. The Morgan fingerprint density at radius 1 is 1.10 bits per heavy atom. The van der Waals surface area contributed by atoms with Crippen LogP contribution in [0.1, 0.15) is 19.9 Å². The molecule has 0 saturated carbocycles. The van der Waals surface area contributed by atoms with Gasteiger partial charge >= 0.3 is 5.69 Å². The maximum absolute atomic E-state index is 11.0. The van der Waals surface area contributed by atoms with Crippen molar-refractivity contribution in [1.82, 2.24) is 14.5 Å². The molecule has 31 heavy (non-hydrogen) atoms. The van der Waals surface area contributed by atoms with Crippen molar-refractivity contribution < 1.29 is 14.4 Å². The molecule has 158 valence electrons. The van der Waals surface area contributed by atoms with Crippen LogP contribution in [0.25, 0.3) is 22.2 Å². The third-order valence-electron chi connectivity index (χ3n) is 4.94. The van der Waals surface area contributed by atoms with Gasteiger partial charge in [0.05, 0.1) is 17.4 Å². The zero-order chi connectivity index (χ0) is 22.1. The molecule has 0 spiro atoms. The van der Waals surface area contributed by atoms with Crippen molar-refractivity contribution in [1.29, 1.82) is 0 Å². The molecule has 9 nitrogen and oxygen atoms in total. The molecule has 0 aliphatic carbocycles. The number of fused-ring (bicyclic) bond motifs is 1. The van der Waals surface area contributed by atoms with Crippen molar-refractivity contribution in [2.75, 3.05) is 12.8 Å². The number of nitro groups is 1. The van der Waals surface area contributed by atoms with Gasteiger partial charge in [0.1, 0.15) is 29.3 Å². The van der Waals surface area contributed by atoms with Crippen LogP contribution in [0.3, 0.4) is 0 Å². The van der Waals surface area contributed by atoms with Gasteiger partial charge in [-0.2, -0.15) is 0 Å². The topological polar surface area (TPSA) is 118 Å². The number of methoxy groups -OCH3 is 1. The van der Waals surface area contributed by atoms with Gasteiger partial charge in [0.15, 0.2) is 0 Å². The number of rotatable bonds is 6. The predicted molar refractivity (Wildman–Crippen MR) is 117 cm³/mol. The SMILES string of the molecule is COc1cc(Oc2ccc(-c3cn(C(C)C)c4ncnc(N)c34)cc2)ccc1[N+](=O)[O-]. The normalized spacial score (nSPS) is 11.1. The third kappa shape index (κ3) is 3.73. The summed E-state index contributed by atoms with van der Waals surface area (Å²) in [5.74, 6) is 1.58. The molecule has 2 aromatic heterocycles. The molecule has 9 heteroatoms. The van der Waals surface area contributed by atoms with Gasteiger partial charge in [0.25, 0.3) is 0 Å². The monoisotopic (exact) mass is 419 g/mol. The van der Waals surface area contributed by atoms with Crippen molar-refractivity contribution in [2.45, 2.75) is 19.9 Å². The molecule has 0 saturated heterocycles. The van der Waals surface area contributed by atoms with E-state index in [0.29, 0.717) is 17.3 Å². The molecule has 0 radical (unpaired) electrons. The van der Waals surface area contributed by atoms with Crippen LogP contribution in [0.15, 0.2) is 55.0 Å². The van der Waals surface area contributed by atoms with Crippen molar-refractivity contribution in [3.63, 3.8) is 0 Å². The van der Waals surface area contributed by atoms with Gasteiger partial charge in [-0.25, -0.2) is 9.97 Å². The van der Waals surface area contributed by atoms with E-state index in [1.54, 1.807) is 0 Å². The standard InChI is InChI=1S/C22H21N5O4/c1-13(2)26-11-17(20-21(23)24-12-25-22(20)26)14-4-6-15(7-5-14)31-16-8-9-18(27(28)29)19(10-16)30-3/h4-13H,1-3H3,(H2,23,24,25). The summed E-state index contributed by atoms with van der Waals surface area (Å²) in [5.41, 5.74) is 8.70. The molecular formula is C22H21N5O4. The number of nitrogen functional groups attached to an aromatic ring is 1. The summed E-state index contributed by atoms with van der Waals surface area (Å²) in [6.45, 7) is 4.16. The molecule has 0 unspecified atom stereocenters. The molecule has 4 rings (SSSR count). The minimum absolute atomic E-state index is 0.119. The van der Waals surface area contributed by atoms with Crippen LogP contribution in [-0.2, 0) is 0 Å². The highest BCUT2D eigenvalue weighted by Gasteiger charge is 2.17. The summed E-state index contributed by atoms with van der Waals surface area (Å²) in [6, 6.07) is 12.1. The van der Waals surface area contributed by atoms with E-state index in [4.69, 9.17) is 15.2 Å². The second-order valence-electron chi connectivity index (χ2n) is 7.22. The maximum Gasteiger partial charge on any atom is 0.311 e.